The predicted octanol–water partition coefficient (Wildman–Crippen LogP) is 4.19. The van der Waals surface area contributed by atoms with E-state index < -0.39 is 0 Å². The highest BCUT2D eigenvalue weighted by molar-refractivity contribution is 5.76. The summed E-state index contributed by atoms with van der Waals surface area (Å²) in [7, 11) is 1.96. The average Bonchev–Trinajstić information content (AvgIpc) is 3.62. The molecule has 2 atom stereocenters. The van der Waals surface area contributed by atoms with Crippen LogP contribution in [0.2, 0.25) is 0 Å². The number of rotatable bonds is 4. The molecular weight excluding hydrogens is 440 g/mol. The maximum Gasteiger partial charge on any atom is 0.219 e. The summed E-state index contributed by atoms with van der Waals surface area (Å²) in [5.74, 6) is 1.67. The summed E-state index contributed by atoms with van der Waals surface area (Å²) in [5.41, 5.74) is 7.45. The van der Waals surface area contributed by atoms with E-state index in [0.29, 0.717) is 19.1 Å². The highest BCUT2D eigenvalue weighted by Crippen LogP contribution is 2.44. The van der Waals surface area contributed by atoms with Gasteiger partial charge in [-0.3, -0.25) is 14.2 Å². The summed E-state index contributed by atoms with van der Waals surface area (Å²) in [5, 5.41) is 9.60. The van der Waals surface area contributed by atoms with Gasteiger partial charge < -0.3 is 14.5 Å². The van der Waals surface area contributed by atoms with Crippen LogP contribution in [0.1, 0.15) is 61.9 Å². The van der Waals surface area contributed by atoms with Gasteiger partial charge in [-0.25, -0.2) is 0 Å². The normalized spacial score (nSPS) is 21.8. The van der Waals surface area contributed by atoms with Gasteiger partial charge in [-0.05, 0) is 48.4 Å². The second kappa shape index (κ2) is 8.82. The van der Waals surface area contributed by atoms with Crippen LogP contribution in [0.25, 0.3) is 11.1 Å². The summed E-state index contributed by atoms with van der Waals surface area (Å²) >= 11 is 0. The van der Waals surface area contributed by atoms with Crippen molar-refractivity contribution < 1.29 is 9.53 Å². The summed E-state index contributed by atoms with van der Waals surface area (Å²) < 4.78 is 9.79. The minimum atomic E-state index is 0.129. The topological polar surface area (TPSA) is 68.4 Å². The van der Waals surface area contributed by atoms with Crippen molar-refractivity contribution in [2.24, 2.45) is 7.05 Å². The molecule has 0 spiro atoms. The van der Waals surface area contributed by atoms with Gasteiger partial charge in [0.15, 0.2) is 5.82 Å². The van der Waals surface area contributed by atoms with Crippen molar-refractivity contribution in [2.45, 2.75) is 58.0 Å². The average molecular weight is 475 g/mol. The minimum absolute atomic E-state index is 0.129. The lowest BCUT2D eigenvalue weighted by atomic mass is 9.86. The number of anilines is 2. The van der Waals surface area contributed by atoms with E-state index in [0.717, 1.165) is 56.8 Å². The van der Waals surface area contributed by atoms with Crippen molar-refractivity contribution >= 4 is 17.4 Å². The molecule has 8 nitrogen and oxygen atoms in total. The summed E-state index contributed by atoms with van der Waals surface area (Å²) in [6, 6.07) is 7.09. The molecule has 3 aliphatic rings. The van der Waals surface area contributed by atoms with Gasteiger partial charge in [-0.2, -0.15) is 10.2 Å². The van der Waals surface area contributed by atoms with E-state index in [2.05, 4.69) is 46.0 Å². The molecule has 0 radical (unpaired) electrons. The van der Waals surface area contributed by atoms with Crippen LogP contribution < -0.4 is 4.90 Å². The number of hydrogen-bond acceptors (Lipinski definition) is 5. The molecule has 184 valence electrons. The zero-order chi connectivity index (χ0) is 24.1. The summed E-state index contributed by atoms with van der Waals surface area (Å²) in [6.45, 7) is 7.77. The smallest absolute Gasteiger partial charge is 0.219 e. The SMILES string of the molecule is CCC1CCN(c2nn(C3CCOC3)c3c2CN(C(C)=O)CC3)c2ccc(-c3cnn(C)c3)cc21. The maximum atomic E-state index is 12.3. The molecule has 0 aliphatic carbocycles. The van der Waals surface area contributed by atoms with Crippen molar-refractivity contribution in [3.05, 3.63) is 47.4 Å². The van der Waals surface area contributed by atoms with Crippen LogP contribution >= 0.6 is 0 Å². The van der Waals surface area contributed by atoms with E-state index in [1.54, 1.807) is 6.92 Å². The van der Waals surface area contributed by atoms with Crippen LogP contribution in [-0.4, -0.2) is 56.7 Å². The monoisotopic (exact) mass is 474 g/mol. The number of carbonyl (C=O) groups is 1. The van der Waals surface area contributed by atoms with Crippen molar-refractivity contribution in [3.63, 3.8) is 0 Å². The molecule has 6 rings (SSSR count). The molecule has 1 aromatic carbocycles. The first-order valence-electron chi connectivity index (χ1n) is 12.9. The molecule has 0 N–H and O–H groups in total. The third kappa shape index (κ3) is 3.84. The Balaban J connectivity index is 1.45. The first kappa shape index (κ1) is 22.3. The highest BCUT2D eigenvalue weighted by atomic mass is 16.5. The highest BCUT2D eigenvalue weighted by Gasteiger charge is 2.35. The third-order valence-corrected chi connectivity index (χ3v) is 8.01. The zero-order valence-electron chi connectivity index (χ0n) is 20.9. The second-order valence-electron chi connectivity index (χ2n) is 10.1. The molecule has 0 bridgehead atoms. The molecule has 3 aromatic rings. The second-order valence-corrected chi connectivity index (χ2v) is 10.1. The molecule has 2 unspecified atom stereocenters. The molecule has 5 heterocycles. The lowest BCUT2D eigenvalue weighted by molar-refractivity contribution is -0.129. The lowest BCUT2D eigenvalue weighted by Crippen LogP contribution is -2.36. The van der Waals surface area contributed by atoms with Crippen LogP contribution in [-0.2, 0) is 29.5 Å². The number of ether oxygens (including phenoxy) is 1. The number of benzene rings is 1. The minimum Gasteiger partial charge on any atom is -0.379 e. The fourth-order valence-electron chi connectivity index (χ4n) is 6.01. The Kier molecular flexibility index (Phi) is 5.63. The summed E-state index contributed by atoms with van der Waals surface area (Å²) in [4.78, 5) is 16.6. The van der Waals surface area contributed by atoms with E-state index in [-0.39, 0.29) is 11.9 Å². The Morgan fingerprint density at radius 3 is 2.80 bits per heavy atom. The van der Waals surface area contributed by atoms with Crippen LogP contribution in [0.15, 0.2) is 30.6 Å². The number of fused-ring (bicyclic) bond motifs is 2. The number of hydrogen-bond donors (Lipinski definition) is 0. The van der Waals surface area contributed by atoms with Crippen LogP contribution in [0.3, 0.4) is 0 Å². The summed E-state index contributed by atoms with van der Waals surface area (Å²) in [6.07, 6.45) is 8.04. The molecule has 8 heteroatoms. The largest absolute Gasteiger partial charge is 0.379 e. The standard InChI is InChI=1S/C27H34N6O2/c1-4-19-7-11-32(25-6-5-20(13-23(19)25)21-14-28-30(3)15-21)27-24-16-31(18(2)34)10-8-26(24)33(29-27)22-9-12-35-17-22/h5-6,13-15,19,22H,4,7-12,16-17H2,1-3H3. The van der Waals surface area contributed by atoms with Crippen molar-refractivity contribution in [2.75, 3.05) is 31.2 Å². The fourth-order valence-corrected chi connectivity index (χ4v) is 6.01. The first-order valence-corrected chi connectivity index (χ1v) is 12.9. The predicted molar refractivity (Wildman–Crippen MR) is 135 cm³/mol. The van der Waals surface area contributed by atoms with E-state index in [1.165, 1.54) is 28.1 Å². The number of aromatic nitrogens is 4. The molecule has 2 aromatic heterocycles. The van der Waals surface area contributed by atoms with Crippen molar-refractivity contribution in [1.82, 2.24) is 24.5 Å². The fraction of sp³-hybridized carbons (Fsp3) is 0.519. The quantitative estimate of drug-likeness (QED) is 0.567. The zero-order valence-corrected chi connectivity index (χ0v) is 20.9. The van der Waals surface area contributed by atoms with Gasteiger partial charge in [-0.15, -0.1) is 0 Å². The Morgan fingerprint density at radius 1 is 1.20 bits per heavy atom. The Bertz CT molecular complexity index is 1250. The number of amides is 1. The number of aryl methyl sites for hydroxylation is 1. The maximum absolute atomic E-state index is 12.3. The Morgan fingerprint density at radius 2 is 2.09 bits per heavy atom. The van der Waals surface area contributed by atoms with Gasteiger partial charge in [0.1, 0.15) is 0 Å². The molecule has 1 amide bonds. The molecular formula is C27H34N6O2. The van der Waals surface area contributed by atoms with Gasteiger partial charge in [0.05, 0.1) is 25.4 Å². The van der Waals surface area contributed by atoms with E-state index in [4.69, 9.17) is 9.84 Å². The number of carbonyl (C=O) groups excluding carboxylic acids is 1. The van der Waals surface area contributed by atoms with E-state index >= 15 is 0 Å². The Labute approximate surface area is 206 Å². The molecule has 3 aliphatic heterocycles. The number of nitrogens with zero attached hydrogens (tertiary/aromatic N) is 6. The van der Waals surface area contributed by atoms with Gasteiger partial charge in [0.2, 0.25) is 5.91 Å². The molecule has 0 saturated carbocycles. The van der Waals surface area contributed by atoms with Gasteiger partial charge in [0, 0.05) is 68.8 Å². The lowest BCUT2D eigenvalue weighted by Gasteiger charge is -2.36. The Hall–Kier alpha value is -3.13. The van der Waals surface area contributed by atoms with Gasteiger partial charge >= 0.3 is 0 Å². The first-order chi connectivity index (χ1) is 17.0. The van der Waals surface area contributed by atoms with Crippen molar-refractivity contribution in [3.8, 4) is 11.1 Å². The van der Waals surface area contributed by atoms with E-state index in [9.17, 15) is 4.79 Å². The van der Waals surface area contributed by atoms with Crippen LogP contribution in [0.4, 0.5) is 11.5 Å². The van der Waals surface area contributed by atoms with Crippen LogP contribution in [0, 0.1) is 0 Å². The van der Waals surface area contributed by atoms with Gasteiger partial charge in [-0.1, -0.05) is 13.0 Å². The van der Waals surface area contributed by atoms with Crippen molar-refractivity contribution in [1.29, 1.82) is 0 Å². The molecule has 35 heavy (non-hydrogen) atoms. The van der Waals surface area contributed by atoms with Gasteiger partial charge in [0.25, 0.3) is 0 Å². The van der Waals surface area contributed by atoms with E-state index in [1.807, 2.05) is 22.8 Å². The molecule has 1 saturated heterocycles. The molecule has 1 fully saturated rings. The third-order valence-electron chi connectivity index (χ3n) is 8.01. The van der Waals surface area contributed by atoms with Crippen LogP contribution in [0.5, 0.6) is 0 Å².